The molecule has 0 aromatic heterocycles. The highest BCUT2D eigenvalue weighted by Gasteiger charge is 2.44. The zero-order chi connectivity index (χ0) is 55.9. The maximum absolute atomic E-state index is 14.4. The lowest BCUT2D eigenvalue weighted by molar-refractivity contribution is -0.148. The molecule has 75 heavy (non-hydrogen) atoms. The van der Waals surface area contributed by atoms with E-state index >= 15 is 0 Å². The highest BCUT2D eigenvalue weighted by atomic mass is 32.2. The second-order valence-corrected chi connectivity index (χ2v) is 20.0. The largest absolute Gasteiger partial charge is 0.508 e. The number of carbonyl (C=O) groups is 11. The summed E-state index contributed by atoms with van der Waals surface area (Å²) >= 11 is 1.41. The zero-order valence-corrected chi connectivity index (χ0v) is 44.2. The molecule has 418 valence electrons. The molecule has 0 unspecified atom stereocenters. The Morgan fingerprint density at radius 3 is 1.88 bits per heavy atom. The molecule has 0 spiro atoms. The van der Waals surface area contributed by atoms with Crippen LogP contribution in [0.3, 0.4) is 0 Å². The first-order chi connectivity index (χ1) is 35.5. The van der Waals surface area contributed by atoms with Crippen LogP contribution < -0.4 is 48.7 Å². The molecule has 9 amide bonds. The lowest BCUT2D eigenvalue weighted by Gasteiger charge is -2.33. The van der Waals surface area contributed by atoms with E-state index in [1.54, 1.807) is 26.0 Å². The number of aliphatic carboxylic acids is 2. The Morgan fingerprint density at radius 1 is 0.680 bits per heavy atom. The van der Waals surface area contributed by atoms with Crippen LogP contribution in [0.4, 0.5) is 0 Å². The lowest BCUT2D eigenvalue weighted by Crippen LogP contribution is -2.60. The number of nitrogens with two attached hydrogens (primary N) is 2. The van der Waals surface area contributed by atoms with E-state index in [-0.39, 0.29) is 50.9 Å². The number of hydrogen-bond acceptors (Lipinski definition) is 15. The maximum Gasteiger partial charge on any atom is 0.322 e. The molecule has 0 bridgehead atoms. The molecule has 2 aliphatic rings. The average Bonchev–Trinajstić information content (AvgIpc) is 4.08. The molecule has 10 atom stereocenters. The van der Waals surface area contributed by atoms with Crippen LogP contribution in [0, 0.1) is 5.92 Å². The van der Waals surface area contributed by atoms with Crippen LogP contribution in [0.25, 0.3) is 0 Å². The van der Waals surface area contributed by atoms with Gasteiger partial charge in [-0.15, -0.1) is 0 Å². The molecule has 2 fully saturated rings. The van der Waals surface area contributed by atoms with Crippen molar-refractivity contribution in [2.45, 2.75) is 159 Å². The van der Waals surface area contributed by atoms with Crippen molar-refractivity contribution in [1.29, 1.82) is 0 Å². The van der Waals surface area contributed by atoms with Gasteiger partial charge in [0, 0.05) is 25.9 Å². The van der Waals surface area contributed by atoms with Crippen molar-refractivity contribution in [3.63, 3.8) is 0 Å². The molecule has 1 aromatic rings. The van der Waals surface area contributed by atoms with E-state index in [0.717, 1.165) is 0 Å². The van der Waals surface area contributed by atoms with Gasteiger partial charge in [-0.25, -0.2) is 0 Å². The van der Waals surface area contributed by atoms with Crippen molar-refractivity contribution in [3.8, 4) is 5.75 Å². The molecular weight excluding hydrogens is 999 g/mol. The molecule has 26 heteroatoms. The first-order valence-electron chi connectivity index (χ1n) is 25.4. The van der Waals surface area contributed by atoms with Crippen LogP contribution in [-0.4, -0.2) is 183 Å². The van der Waals surface area contributed by atoms with Crippen LogP contribution in [0.15, 0.2) is 24.3 Å². The van der Waals surface area contributed by atoms with Gasteiger partial charge in [0.1, 0.15) is 60.6 Å². The summed E-state index contributed by atoms with van der Waals surface area (Å²) in [6.45, 7) is 6.25. The highest BCUT2D eigenvalue weighted by Crippen LogP contribution is 2.26. The van der Waals surface area contributed by atoms with Crippen LogP contribution >= 0.6 is 11.8 Å². The smallest absolute Gasteiger partial charge is 0.322 e. The lowest BCUT2D eigenvalue weighted by atomic mass is 9.97. The summed E-state index contributed by atoms with van der Waals surface area (Å²) in [5.41, 5.74) is 12.1. The fraction of sp³-hybridized carbons (Fsp3) is 0.653. The van der Waals surface area contributed by atoms with E-state index in [0.29, 0.717) is 56.4 Å². The number of phenols is 1. The van der Waals surface area contributed by atoms with Crippen molar-refractivity contribution in [3.05, 3.63) is 29.8 Å². The number of thioether (sulfide) groups is 1. The average molecular weight is 1080 g/mol. The monoisotopic (exact) mass is 1080 g/mol. The van der Waals surface area contributed by atoms with Gasteiger partial charge in [-0.05, 0) is 107 Å². The van der Waals surface area contributed by atoms with Crippen molar-refractivity contribution in [1.82, 2.24) is 47.0 Å². The van der Waals surface area contributed by atoms with Gasteiger partial charge in [0.15, 0.2) is 0 Å². The Bertz CT molecular complexity index is 2170. The van der Waals surface area contributed by atoms with Gasteiger partial charge in [0.2, 0.25) is 53.2 Å². The molecule has 25 nitrogen and oxygen atoms in total. The number of rotatable bonds is 31. The van der Waals surface area contributed by atoms with Crippen molar-refractivity contribution in [2.75, 3.05) is 38.2 Å². The maximum atomic E-state index is 14.4. The number of amides is 9. The molecular formula is C49H77N11O14S. The predicted molar refractivity (Wildman–Crippen MR) is 275 cm³/mol. The molecule has 2 saturated heterocycles. The van der Waals surface area contributed by atoms with Crippen LogP contribution in [-0.2, 0) is 59.2 Å². The number of carboxylic acids is 2. The van der Waals surface area contributed by atoms with E-state index in [1.165, 1.54) is 47.5 Å². The minimum atomic E-state index is -1.44. The Hall–Kier alpha value is -6.54. The van der Waals surface area contributed by atoms with Gasteiger partial charge in [0.25, 0.3) is 0 Å². The SMILES string of the molecule is CC[C@H](C)[C@H](NC(=O)[C@@H]1CCCN1C(=O)[C@@H]1CCCN1C(=O)[C@H](C)NC(=O)[C@H](Cc1ccc(O)cc1)NC(=O)[C@H](CCSC)NC(=O)[C@H](C)NC(=O)[C@@H](N)CCCCN)C(=O)N[C@@H](CCC(=O)O)C(=O)NCC(=O)O. The van der Waals surface area contributed by atoms with Gasteiger partial charge >= 0.3 is 11.9 Å². The topological polar surface area (TPSA) is 391 Å². The number of unbranched alkanes of at least 4 members (excludes halogenated alkanes) is 1. The summed E-state index contributed by atoms with van der Waals surface area (Å²) in [5.74, 6) is -9.06. The van der Waals surface area contributed by atoms with E-state index in [2.05, 4.69) is 37.2 Å². The molecule has 1 aromatic carbocycles. The molecule has 2 heterocycles. The summed E-state index contributed by atoms with van der Waals surface area (Å²) in [6, 6.07) is -4.53. The number of nitrogens with zero attached hydrogens (tertiary/aromatic N) is 2. The van der Waals surface area contributed by atoms with Crippen molar-refractivity contribution >= 4 is 76.9 Å². The third-order valence-corrected chi connectivity index (χ3v) is 13.8. The van der Waals surface area contributed by atoms with Gasteiger partial charge in [-0.2, -0.15) is 11.8 Å². The number of hydrogen-bond donors (Lipinski definition) is 12. The van der Waals surface area contributed by atoms with Crippen LogP contribution in [0.2, 0.25) is 0 Å². The summed E-state index contributed by atoms with van der Waals surface area (Å²) < 4.78 is 0. The quantitative estimate of drug-likeness (QED) is 0.0365. The summed E-state index contributed by atoms with van der Waals surface area (Å²) in [7, 11) is 0. The van der Waals surface area contributed by atoms with E-state index in [1.807, 2.05) is 6.26 Å². The minimum Gasteiger partial charge on any atom is -0.508 e. The second kappa shape index (κ2) is 31.4. The van der Waals surface area contributed by atoms with Gasteiger partial charge in [-0.1, -0.05) is 38.8 Å². The second-order valence-electron chi connectivity index (χ2n) is 19.0. The van der Waals surface area contributed by atoms with Crippen molar-refractivity contribution < 1.29 is 68.1 Å². The van der Waals surface area contributed by atoms with Gasteiger partial charge in [-0.3, -0.25) is 52.7 Å². The standard InChI is InChI=1S/C49H77N11O14S/c1-6-27(2)40(47(72)56-33(18-19-38(62)63)43(68)52-26-39(64)65)58-46(71)36-12-9-22-59(36)49(74)37-13-10-23-60(37)48(73)29(4)54-45(70)35(25-30-14-16-31(61)17-15-30)57-44(69)34(20-24-75-5)55-41(66)28(3)53-42(67)32(51)11-7-8-21-50/h14-17,27-29,32-37,40,61H,6-13,18-26,50-51H2,1-5H3,(H,52,68)(H,53,67)(H,54,70)(H,55,66)(H,56,72)(H,57,69)(H,58,71)(H,62,63)(H,64,65)/t27-,28-,29-,32-,33-,34-,35-,36-,37-,40-/m0/s1. The Balaban J connectivity index is 1.77. The number of carbonyl (C=O) groups excluding carboxylic acids is 9. The highest BCUT2D eigenvalue weighted by molar-refractivity contribution is 7.98. The first-order valence-corrected chi connectivity index (χ1v) is 26.8. The molecule has 0 radical (unpaired) electrons. The number of carboxylic acid groups (broad SMARTS) is 2. The molecule has 0 aliphatic carbocycles. The van der Waals surface area contributed by atoms with E-state index < -0.39 is 138 Å². The molecule has 3 rings (SSSR count). The number of phenolic OH excluding ortho intramolecular Hbond substituents is 1. The Morgan fingerprint density at radius 2 is 1.27 bits per heavy atom. The molecule has 0 saturated carbocycles. The van der Waals surface area contributed by atoms with Crippen molar-refractivity contribution in [2.24, 2.45) is 17.4 Å². The fourth-order valence-corrected chi connectivity index (χ4v) is 9.09. The van der Waals surface area contributed by atoms with Crippen LogP contribution in [0.1, 0.15) is 104 Å². The molecule has 14 N–H and O–H groups in total. The zero-order valence-electron chi connectivity index (χ0n) is 43.4. The first kappa shape index (κ1) is 62.8. The fourth-order valence-electron chi connectivity index (χ4n) is 8.62. The summed E-state index contributed by atoms with van der Waals surface area (Å²) in [6.07, 6.45) is 4.27. The van der Waals surface area contributed by atoms with Gasteiger partial charge in [0.05, 0.1) is 6.04 Å². The third-order valence-electron chi connectivity index (χ3n) is 13.2. The number of aromatic hydroxyl groups is 1. The normalized spacial score (nSPS) is 18.4. The number of benzene rings is 1. The summed E-state index contributed by atoms with van der Waals surface area (Å²) in [4.78, 5) is 148. The van der Waals surface area contributed by atoms with Gasteiger partial charge < -0.3 is 73.8 Å². The minimum absolute atomic E-state index is 0.0433. The Labute approximate surface area is 440 Å². The summed E-state index contributed by atoms with van der Waals surface area (Å²) in [5, 5.41) is 46.1. The third kappa shape index (κ3) is 19.9. The number of likely N-dealkylation sites (tertiary alicyclic amines) is 2. The van der Waals surface area contributed by atoms with Crippen LogP contribution in [0.5, 0.6) is 5.75 Å². The predicted octanol–water partition coefficient (Wildman–Crippen LogP) is -1.81. The van der Waals surface area contributed by atoms with E-state index in [9.17, 15) is 63.0 Å². The Kier molecular flexibility index (Phi) is 26.2. The molecule has 2 aliphatic heterocycles. The number of nitrogens with one attached hydrogen (secondary N) is 7. The van der Waals surface area contributed by atoms with E-state index in [4.69, 9.17) is 16.6 Å².